The molecule has 1 heterocycles. The van der Waals surface area contributed by atoms with Gasteiger partial charge in [-0.2, -0.15) is 0 Å². The molecule has 0 atom stereocenters. The van der Waals surface area contributed by atoms with Gasteiger partial charge in [0, 0.05) is 23.0 Å². The number of nitrogens with one attached hydrogen (secondary N) is 1. The van der Waals surface area contributed by atoms with Gasteiger partial charge < -0.3 is 10.1 Å². The van der Waals surface area contributed by atoms with E-state index in [1.807, 2.05) is 0 Å². The van der Waals surface area contributed by atoms with Gasteiger partial charge >= 0.3 is 0 Å². The summed E-state index contributed by atoms with van der Waals surface area (Å²) in [6, 6.07) is 12.6. The number of hydrogen-bond acceptors (Lipinski definition) is 4. The van der Waals surface area contributed by atoms with Crippen molar-refractivity contribution in [3.05, 3.63) is 75.6 Å². The number of hydrogen-bond donors (Lipinski definition) is 1. The molecule has 1 aliphatic heterocycles. The molecule has 0 unspecified atom stereocenters. The van der Waals surface area contributed by atoms with Gasteiger partial charge in [-0.3, -0.25) is 14.5 Å². The third-order valence-electron chi connectivity index (χ3n) is 4.25. The maximum Gasteiger partial charge on any atom is 0.268 e. The molecule has 0 fully saturated rings. The molecule has 0 spiro atoms. The monoisotopic (exact) mass is 434 g/mol. The normalized spacial score (nSPS) is 13.6. The average Bonchev–Trinajstić information content (AvgIpc) is 2.72. The van der Waals surface area contributed by atoms with Crippen molar-refractivity contribution in [2.75, 3.05) is 23.8 Å². The Morgan fingerprint density at radius 3 is 2.52 bits per heavy atom. The van der Waals surface area contributed by atoms with Crippen molar-refractivity contribution >= 4 is 40.9 Å². The van der Waals surface area contributed by atoms with Crippen LogP contribution < -0.4 is 10.2 Å². The van der Waals surface area contributed by atoms with Crippen LogP contribution >= 0.6 is 23.4 Å². The SMILES string of the molecule is CC1=C(C(=O)N(CC(=O)NCc2ccc(F)cc2)c2ccc(Cl)cc2)SCCO1. The molecule has 2 aromatic rings. The lowest BCUT2D eigenvalue weighted by atomic mass is 10.2. The quantitative estimate of drug-likeness (QED) is 0.742. The third kappa shape index (κ3) is 5.74. The Hall–Kier alpha value is -2.51. The largest absolute Gasteiger partial charge is 0.496 e. The first-order valence-electron chi connectivity index (χ1n) is 8.99. The lowest BCUT2D eigenvalue weighted by Gasteiger charge is -2.26. The number of benzene rings is 2. The molecule has 0 aromatic heterocycles. The number of anilines is 1. The van der Waals surface area contributed by atoms with E-state index in [9.17, 15) is 14.0 Å². The lowest BCUT2D eigenvalue weighted by molar-refractivity contribution is -0.122. The molecule has 3 rings (SSSR count). The van der Waals surface area contributed by atoms with E-state index >= 15 is 0 Å². The zero-order valence-electron chi connectivity index (χ0n) is 15.8. The van der Waals surface area contributed by atoms with Crippen LogP contribution in [-0.2, 0) is 20.9 Å². The molecule has 29 heavy (non-hydrogen) atoms. The Morgan fingerprint density at radius 1 is 1.17 bits per heavy atom. The Balaban J connectivity index is 1.75. The summed E-state index contributed by atoms with van der Waals surface area (Å²) in [6.07, 6.45) is 0. The fraction of sp³-hybridized carbons (Fsp3) is 0.238. The lowest BCUT2D eigenvalue weighted by Crippen LogP contribution is -2.41. The summed E-state index contributed by atoms with van der Waals surface area (Å²) in [6.45, 7) is 2.36. The Bertz CT molecular complexity index is 917. The molecule has 2 aromatic carbocycles. The summed E-state index contributed by atoms with van der Waals surface area (Å²) in [7, 11) is 0. The maximum absolute atomic E-state index is 13.2. The van der Waals surface area contributed by atoms with Gasteiger partial charge in [0.2, 0.25) is 5.91 Å². The van der Waals surface area contributed by atoms with Gasteiger partial charge in [0.05, 0.1) is 6.61 Å². The predicted octanol–water partition coefficient (Wildman–Crippen LogP) is 4.12. The second-order valence-electron chi connectivity index (χ2n) is 6.35. The standard InChI is InChI=1S/C21H20ClFN2O3S/c1-14-20(29-11-10-28-14)21(27)25(18-8-4-16(22)5-9-18)13-19(26)24-12-15-2-6-17(23)7-3-15/h2-9H,10-13H2,1H3,(H,24,26). The Labute approximate surface area is 177 Å². The van der Waals surface area contributed by atoms with Crippen molar-refractivity contribution in [2.45, 2.75) is 13.5 Å². The number of rotatable bonds is 6. The van der Waals surface area contributed by atoms with E-state index in [0.717, 1.165) is 5.56 Å². The highest BCUT2D eigenvalue weighted by molar-refractivity contribution is 8.04. The first kappa shape index (κ1) is 21.2. The number of ether oxygens (including phenoxy) is 1. The van der Waals surface area contributed by atoms with E-state index in [0.29, 0.717) is 33.7 Å². The van der Waals surface area contributed by atoms with E-state index in [1.165, 1.54) is 28.8 Å². The zero-order chi connectivity index (χ0) is 20.8. The van der Waals surface area contributed by atoms with Crippen LogP contribution in [0.4, 0.5) is 10.1 Å². The highest BCUT2D eigenvalue weighted by Crippen LogP contribution is 2.29. The highest BCUT2D eigenvalue weighted by atomic mass is 35.5. The predicted molar refractivity (Wildman–Crippen MR) is 113 cm³/mol. The molecule has 0 saturated carbocycles. The van der Waals surface area contributed by atoms with Crippen molar-refractivity contribution in [3.8, 4) is 0 Å². The molecule has 5 nitrogen and oxygen atoms in total. The molecule has 0 saturated heterocycles. The molecule has 152 valence electrons. The van der Waals surface area contributed by atoms with E-state index < -0.39 is 0 Å². The smallest absolute Gasteiger partial charge is 0.268 e. The second-order valence-corrected chi connectivity index (χ2v) is 7.89. The van der Waals surface area contributed by atoms with Gasteiger partial charge in [0.1, 0.15) is 23.0 Å². The topological polar surface area (TPSA) is 58.6 Å². The summed E-state index contributed by atoms with van der Waals surface area (Å²) >= 11 is 7.37. The van der Waals surface area contributed by atoms with Crippen LogP contribution in [0.25, 0.3) is 0 Å². The van der Waals surface area contributed by atoms with Crippen LogP contribution in [0.5, 0.6) is 0 Å². The summed E-state index contributed by atoms with van der Waals surface area (Å²) in [5.74, 6) is 0.250. The zero-order valence-corrected chi connectivity index (χ0v) is 17.4. The molecule has 0 aliphatic carbocycles. The van der Waals surface area contributed by atoms with Gasteiger partial charge in [0.15, 0.2) is 0 Å². The number of thioether (sulfide) groups is 1. The molecular weight excluding hydrogens is 415 g/mol. The van der Waals surface area contributed by atoms with Crippen molar-refractivity contribution in [2.24, 2.45) is 0 Å². The minimum atomic E-state index is -0.338. The van der Waals surface area contributed by atoms with Crippen LogP contribution in [0.2, 0.25) is 5.02 Å². The summed E-state index contributed by atoms with van der Waals surface area (Å²) in [4.78, 5) is 27.6. The number of carbonyl (C=O) groups is 2. The molecule has 1 N–H and O–H groups in total. The van der Waals surface area contributed by atoms with Crippen LogP contribution in [0.15, 0.2) is 59.2 Å². The molecule has 1 aliphatic rings. The van der Waals surface area contributed by atoms with Crippen LogP contribution in [0, 0.1) is 5.82 Å². The van der Waals surface area contributed by atoms with Crippen molar-refractivity contribution in [3.63, 3.8) is 0 Å². The molecule has 0 bridgehead atoms. The number of carbonyl (C=O) groups excluding carboxylic acids is 2. The van der Waals surface area contributed by atoms with E-state index in [2.05, 4.69) is 5.32 Å². The second kappa shape index (κ2) is 9.80. The van der Waals surface area contributed by atoms with Crippen molar-refractivity contribution in [1.82, 2.24) is 5.32 Å². The Morgan fingerprint density at radius 2 is 1.86 bits per heavy atom. The van der Waals surface area contributed by atoms with Crippen molar-refractivity contribution < 1.29 is 18.7 Å². The summed E-state index contributed by atoms with van der Waals surface area (Å²) < 4.78 is 18.5. The third-order valence-corrected chi connectivity index (χ3v) is 5.62. The number of allylic oxidation sites excluding steroid dienone is 1. The van der Waals surface area contributed by atoms with Gasteiger partial charge in [0.25, 0.3) is 5.91 Å². The van der Waals surface area contributed by atoms with Crippen LogP contribution in [0.3, 0.4) is 0 Å². The van der Waals surface area contributed by atoms with Gasteiger partial charge in [-0.05, 0) is 48.9 Å². The van der Waals surface area contributed by atoms with E-state index in [4.69, 9.17) is 16.3 Å². The first-order valence-corrected chi connectivity index (χ1v) is 10.4. The molecular formula is C21H20ClFN2O3S. The van der Waals surface area contributed by atoms with Gasteiger partial charge in [-0.25, -0.2) is 4.39 Å². The highest BCUT2D eigenvalue weighted by Gasteiger charge is 2.27. The summed E-state index contributed by atoms with van der Waals surface area (Å²) in [5, 5.41) is 3.30. The summed E-state index contributed by atoms with van der Waals surface area (Å²) in [5.41, 5.74) is 1.32. The van der Waals surface area contributed by atoms with E-state index in [1.54, 1.807) is 43.3 Å². The average molecular weight is 435 g/mol. The fourth-order valence-electron chi connectivity index (χ4n) is 2.74. The molecule has 2 amide bonds. The van der Waals surface area contributed by atoms with Gasteiger partial charge in [-0.15, -0.1) is 11.8 Å². The van der Waals surface area contributed by atoms with Crippen LogP contribution in [0.1, 0.15) is 12.5 Å². The van der Waals surface area contributed by atoms with E-state index in [-0.39, 0.29) is 30.7 Å². The number of amides is 2. The maximum atomic E-state index is 13.2. The minimum absolute atomic E-state index is 0.168. The minimum Gasteiger partial charge on any atom is -0.496 e. The van der Waals surface area contributed by atoms with Crippen molar-refractivity contribution in [1.29, 1.82) is 0 Å². The number of nitrogens with zero attached hydrogens (tertiary/aromatic N) is 1. The van der Waals surface area contributed by atoms with Gasteiger partial charge in [-0.1, -0.05) is 23.7 Å². The fourth-order valence-corrected chi connectivity index (χ4v) is 3.74. The molecule has 0 radical (unpaired) electrons. The van der Waals surface area contributed by atoms with Crippen LogP contribution in [-0.4, -0.2) is 30.7 Å². The number of halogens is 2. The Kier molecular flexibility index (Phi) is 7.17. The first-order chi connectivity index (χ1) is 13.9. The molecule has 8 heteroatoms.